The Morgan fingerprint density at radius 3 is 2.48 bits per heavy atom. The number of ether oxygens (including phenoxy) is 1. The summed E-state index contributed by atoms with van der Waals surface area (Å²) in [4.78, 5) is 22.1. The predicted octanol–water partition coefficient (Wildman–Crippen LogP) is 4.16. The highest BCUT2D eigenvalue weighted by Crippen LogP contribution is 2.30. The summed E-state index contributed by atoms with van der Waals surface area (Å²) in [6.45, 7) is 7.53. The average Bonchev–Trinajstić information content (AvgIpc) is 3.50. The van der Waals surface area contributed by atoms with E-state index in [1.165, 1.54) is 0 Å². The van der Waals surface area contributed by atoms with Gasteiger partial charge in [-0.1, -0.05) is 55.5 Å². The van der Waals surface area contributed by atoms with Gasteiger partial charge in [0.25, 0.3) is 0 Å². The number of rotatable bonds is 9. The van der Waals surface area contributed by atoms with Crippen LogP contribution in [0, 0.1) is 6.92 Å². The number of benzene rings is 2. The van der Waals surface area contributed by atoms with Crippen LogP contribution in [0.2, 0.25) is 0 Å². The van der Waals surface area contributed by atoms with Crippen molar-refractivity contribution in [2.45, 2.75) is 33.7 Å². The van der Waals surface area contributed by atoms with Crippen LogP contribution in [-0.2, 0) is 11.3 Å². The van der Waals surface area contributed by atoms with Crippen molar-refractivity contribution >= 4 is 11.9 Å². The molecule has 0 bridgehead atoms. The van der Waals surface area contributed by atoms with Crippen LogP contribution < -0.4 is 4.90 Å². The van der Waals surface area contributed by atoms with Gasteiger partial charge in [-0.3, -0.25) is 0 Å². The van der Waals surface area contributed by atoms with Crippen LogP contribution in [0.25, 0.3) is 22.5 Å². The van der Waals surface area contributed by atoms with Gasteiger partial charge in [-0.25, -0.2) is 9.78 Å². The molecule has 0 saturated carbocycles. The van der Waals surface area contributed by atoms with Gasteiger partial charge in [0, 0.05) is 24.3 Å². The Morgan fingerprint density at radius 1 is 1.06 bits per heavy atom. The zero-order valence-electron chi connectivity index (χ0n) is 19.0. The van der Waals surface area contributed by atoms with Gasteiger partial charge < -0.3 is 14.6 Å². The van der Waals surface area contributed by atoms with Gasteiger partial charge in [-0.05, 0) is 42.2 Å². The number of carbonyl (C=O) groups is 1. The number of aryl methyl sites for hydroxylation is 1. The fourth-order valence-electron chi connectivity index (χ4n) is 3.74. The molecule has 0 atom stereocenters. The Morgan fingerprint density at radius 2 is 1.82 bits per heavy atom. The molecule has 2 aromatic carbocycles. The third kappa shape index (κ3) is 4.92. The van der Waals surface area contributed by atoms with E-state index in [1.807, 2.05) is 31.2 Å². The molecule has 0 fully saturated rings. The number of esters is 1. The van der Waals surface area contributed by atoms with Crippen molar-refractivity contribution < 1.29 is 9.53 Å². The number of hydrogen-bond donors (Lipinski definition) is 2. The molecule has 33 heavy (non-hydrogen) atoms. The molecule has 9 nitrogen and oxygen atoms in total. The Labute approximate surface area is 192 Å². The summed E-state index contributed by atoms with van der Waals surface area (Å²) in [5, 5.41) is 14.4. The number of carbonyl (C=O) groups excluding carboxylic acids is 1. The topological polar surface area (TPSA) is 113 Å². The summed E-state index contributed by atoms with van der Waals surface area (Å²) >= 11 is 0. The summed E-state index contributed by atoms with van der Waals surface area (Å²) in [5.74, 6) is 0.830. The second kappa shape index (κ2) is 10.1. The minimum absolute atomic E-state index is 0.321. The van der Waals surface area contributed by atoms with Crippen LogP contribution in [-0.4, -0.2) is 49.7 Å². The molecular formula is C24H27N7O2. The lowest BCUT2D eigenvalue weighted by Crippen LogP contribution is -2.24. The van der Waals surface area contributed by atoms with E-state index in [0.717, 1.165) is 35.2 Å². The standard InChI is InChI=1S/C24H27N7O2/c1-4-14-31(24-25-16(3)21(26-24)23(32)33-5-2)15-17-10-12-18(13-11-17)19-8-6-7-9-20(19)22-27-29-30-28-22/h6-13H,4-5,14-15H2,1-3H3,(H,25,26)(H,27,28,29,30). The lowest BCUT2D eigenvalue weighted by atomic mass is 9.98. The number of nitrogens with one attached hydrogen (secondary N) is 2. The first kappa shape index (κ1) is 22.2. The lowest BCUT2D eigenvalue weighted by Gasteiger charge is -2.21. The Balaban J connectivity index is 1.56. The Bertz CT molecular complexity index is 1200. The van der Waals surface area contributed by atoms with E-state index in [1.54, 1.807) is 6.92 Å². The fraction of sp³-hybridized carbons (Fsp3) is 0.292. The number of hydrogen-bond acceptors (Lipinski definition) is 7. The number of H-pyrrole nitrogens is 2. The highest BCUT2D eigenvalue weighted by molar-refractivity contribution is 5.89. The van der Waals surface area contributed by atoms with Gasteiger partial charge in [0.05, 0.1) is 6.61 Å². The molecule has 0 aliphatic rings. The first-order chi connectivity index (χ1) is 16.1. The third-order valence-corrected chi connectivity index (χ3v) is 5.29. The highest BCUT2D eigenvalue weighted by atomic mass is 16.5. The summed E-state index contributed by atoms with van der Waals surface area (Å²) in [5.41, 5.74) is 5.20. The number of nitrogens with zero attached hydrogens (tertiary/aromatic N) is 5. The zero-order chi connectivity index (χ0) is 23.2. The van der Waals surface area contributed by atoms with Gasteiger partial charge in [0.15, 0.2) is 5.69 Å². The molecule has 0 saturated heterocycles. The molecule has 4 aromatic rings. The zero-order valence-corrected chi connectivity index (χ0v) is 19.0. The largest absolute Gasteiger partial charge is 0.461 e. The lowest BCUT2D eigenvalue weighted by molar-refractivity contribution is 0.0519. The summed E-state index contributed by atoms with van der Waals surface area (Å²) in [7, 11) is 0. The number of tetrazole rings is 1. The molecule has 170 valence electrons. The van der Waals surface area contributed by atoms with E-state index in [2.05, 4.69) is 66.7 Å². The summed E-state index contributed by atoms with van der Waals surface area (Å²) < 4.78 is 5.12. The monoisotopic (exact) mass is 445 g/mol. The van der Waals surface area contributed by atoms with E-state index in [0.29, 0.717) is 36.3 Å². The smallest absolute Gasteiger partial charge is 0.358 e. The van der Waals surface area contributed by atoms with Crippen LogP contribution >= 0.6 is 0 Å². The molecule has 0 aliphatic carbocycles. The molecule has 2 heterocycles. The van der Waals surface area contributed by atoms with E-state index in [9.17, 15) is 4.79 Å². The maximum Gasteiger partial charge on any atom is 0.358 e. The number of anilines is 1. The molecule has 0 aliphatic heterocycles. The van der Waals surface area contributed by atoms with Crippen LogP contribution in [0.1, 0.15) is 42.0 Å². The van der Waals surface area contributed by atoms with Crippen molar-refractivity contribution in [1.29, 1.82) is 0 Å². The molecule has 2 N–H and O–H groups in total. The second-order valence-corrected chi connectivity index (χ2v) is 7.65. The maximum absolute atomic E-state index is 12.2. The summed E-state index contributed by atoms with van der Waals surface area (Å²) in [6.07, 6.45) is 0.949. The minimum atomic E-state index is -0.404. The van der Waals surface area contributed by atoms with Crippen LogP contribution in [0.5, 0.6) is 0 Å². The molecule has 0 spiro atoms. The van der Waals surface area contributed by atoms with Gasteiger partial charge in [0.1, 0.15) is 0 Å². The van der Waals surface area contributed by atoms with Gasteiger partial charge in [0.2, 0.25) is 11.8 Å². The van der Waals surface area contributed by atoms with Gasteiger partial charge in [-0.2, -0.15) is 5.21 Å². The quantitative estimate of drug-likeness (QED) is 0.372. The predicted molar refractivity (Wildman–Crippen MR) is 126 cm³/mol. The molecule has 0 amide bonds. The second-order valence-electron chi connectivity index (χ2n) is 7.65. The third-order valence-electron chi connectivity index (χ3n) is 5.29. The number of aromatic nitrogens is 6. The van der Waals surface area contributed by atoms with Crippen molar-refractivity contribution in [3.05, 3.63) is 65.5 Å². The van der Waals surface area contributed by atoms with Crippen molar-refractivity contribution in [3.63, 3.8) is 0 Å². The van der Waals surface area contributed by atoms with E-state index in [-0.39, 0.29) is 0 Å². The molecule has 2 aromatic heterocycles. The average molecular weight is 446 g/mol. The highest BCUT2D eigenvalue weighted by Gasteiger charge is 2.19. The SMILES string of the molecule is CCCN(Cc1ccc(-c2ccccc2-c2nn[nH]n2)cc1)c1nc(C(=O)OCC)c(C)[nH]1. The Hall–Kier alpha value is -4.01. The van der Waals surface area contributed by atoms with Gasteiger partial charge in [-0.15, -0.1) is 10.2 Å². The van der Waals surface area contributed by atoms with E-state index in [4.69, 9.17) is 4.74 Å². The number of aromatic amines is 2. The van der Waals surface area contributed by atoms with Crippen molar-refractivity contribution in [2.24, 2.45) is 0 Å². The van der Waals surface area contributed by atoms with Crippen LogP contribution in [0.4, 0.5) is 5.95 Å². The summed E-state index contributed by atoms with van der Waals surface area (Å²) in [6, 6.07) is 16.4. The van der Waals surface area contributed by atoms with E-state index >= 15 is 0 Å². The minimum Gasteiger partial charge on any atom is -0.461 e. The molecule has 0 unspecified atom stereocenters. The fourth-order valence-corrected chi connectivity index (χ4v) is 3.74. The van der Waals surface area contributed by atoms with E-state index < -0.39 is 5.97 Å². The van der Waals surface area contributed by atoms with Crippen molar-refractivity contribution in [3.8, 4) is 22.5 Å². The van der Waals surface area contributed by atoms with Crippen molar-refractivity contribution in [2.75, 3.05) is 18.1 Å². The molecular weight excluding hydrogens is 418 g/mol. The number of imidazole rings is 1. The molecule has 0 radical (unpaired) electrons. The normalized spacial score (nSPS) is 10.9. The first-order valence-electron chi connectivity index (χ1n) is 11.0. The molecule has 9 heteroatoms. The van der Waals surface area contributed by atoms with Gasteiger partial charge >= 0.3 is 5.97 Å². The maximum atomic E-state index is 12.2. The molecule has 4 rings (SSSR count). The van der Waals surface area contributed by atoms with Crippen LogP contribution in [0.3, 0.4) is 0 Å². The Kier molecular flexibility index (Phi) is 6.77. The van der Waals surface area contributed by atoms with Crippen LogP contribution in [0.15, 0.2) is 48.5 Å². The van der Waals surface area contributed by atoms with Crippen molar-refractivity contribution in [1.82, 2.24) is 30.6 Å². The first-order valence-corrected chi connectivity index (χ1v) is 11.0.